The van der Waals surface area contributed by atoms with E-state index in [-0.39, 0.29) is 5.82 Å². The fourth-order valence-corrected chi connectivity index (χ4v) is 2.14. The van der Waals surface area contributed by atoms with Crippen LogP contribution in [0.3, 0.4) is 0 Å². The van der Waals surface area contributed by atoms with Crippen molar-refractivity contribution in [2.24, 2.45) is 4.99 Å². The Hall–Kier alpha value is -2.36. The lowest BCUT2D eigenvalue weighted by Gasteiger charge is -2.14. The van der Waals surface area contributed by atoms with Gasteiger partial charge in [0.25, 0.3) is 0 Å². The van der Waals surface area contributed by atoms with E-state index in [0.29, 0.717) is 5.56 Å². The van der Waals surface area contributed by atoms with Gasteiger partial charge in [0.2, 0.25) is 0 Å². The Morgan fingerprint density at radius 3 is 2.48 bits per heavy atom. The lowest BCUT2D eigenvalue weighted by atomic mass is 10.1. The lowest BCUT2D eigenvalue weighted by Crippen LogP contribution is -2.14. The second-order valence-corrected chi connectivity index (χ2v) is 5.86. The molecule has 0 unspecified atom stereocenters. The van der Waals surface area contributed by atoms with Gasteiger partial charge in [-0.25, -0.2) is 9.38 Å². The van der Waals surface area contributed by atoms with Gasteiger partial charge < -0.3 is 10.2 Å². The number of anilines is 2. The van der Waals surface area contributed by atoms with Gasteiger partial charge in [0.1, 0.15) is 5.82 Å². The molecule has 2 aromatic rings. The highest BCUT2D eigenvalue weighted by atomic mass is 19.1. The summed E-state index contributed by atoms with van der Waals surface area (Å²) in [5, 5.41) is 3.28. The number of halogens is 1. The second kappa shape index (κ2) is 7.27. The van der Waals surface area contributed by atoms with Gasteiger partial charge in [0, 0.05) is 25.0 Å². The topological polar surface area (TPSA) is 27.6 Å². The molecule has 1 N–H and O–H groups in total. The highest BCUT2D eigenvalue weighted by Gasteiger charge is 2.06. The molecule has 3 nitrogen and oxygen atoms in total. The molecule has 0 aliphatic carbocycles. The molecule has 2 rings (SSSR count). The van der Waals surface area contributed by atoms with E-state index in [2.05, 4.69) is 17.2 Å². The number of aliphatic imine (C=N–C) groups is 1. The Morgan fingerprint density at radius 2 is 1.83 bits per heavy atom. The first-order valence-electron chi connectivity index (χ1n) is 7.79. The van der Waals surface area contributed by atoms with Gasteiger partial charge in [-0.15, -0.1) is 0 Å². The van der Waals surface area contributed by atoms with Crippen molar-refractivity contribution in [3.05, 3.63) is 52.8 Å². The average molecular weight is 313 g/mol. The highest BCUT2D eigenvalue weighted by molar-refractivity contribution is 5.70. The van der Waals surface area contributed by atoms with Crippen LogP contribution >= 0.6 is 0 Å². The number of aryl methyl sites for hydroxylation is 3. The van der Waals surface area contributed by atoms with Crippen LogP contribution in [0.1, 0.15) is 23.6 Å². The maximum Gasteiger partial charge on any atom is 0.128 e. The van der Waals surface area contributed by atoms with Crippen LogP contribution in [0.4, 0.5) is 21.5 Å². The third-order valence-corrected chi connectivity index (χ3v) is 3.89. The van der Waals surface area contributed by atoms with Gasteiger partial charge in [-0.05, 0) is 68.7 Å². The molecule has 0 fully saturated rings. The largest absolute Gasteiger partial charge is 0.366 e. The zero-order chi connectivity index (χ0) is 17.0. The molecule has 0 aromatic heterocycles. The minimum absolute atomic E-state index is 0.201. The van der Waals surface area contributed by atoms with Crippen LogP contribution in [0, 0.1) is 26.6 Å². The lowest BCUT2D eigenvalue weighted by molar-refractivity contribution is 0.552. The maximum atomic E-state index is 13.7. The van der Waals surface area contributed by atoms with Crippen LogP contribution < -0.4 is 5.32 Å². The van der Waals surface area contributed by atoms with Crippen LogP contribution in [0.2, 0.25) is 0 Å². The second-order valence-electron chi connectivity index (χ2n) is 5.86. The zero-order valence-corrected chi connectivity index (χ0v) is 14.4. The van der Waals surface area contributed by atoms with Crippen molar-refractivity contribution in [1.82, 2.24) is 4.90 Å². The molecule has 122 valence electrons. The summed E-state index contributed by atoms with van der Waals surface area (Å²) in [6, 6.07) is 9.27. The maximum absolute atomic E-state index is 13.7. The van der Waals surface area contributed by atoms with E-state index < -0.39 is 0 Å². The van der Waals surface area contributed by atoms with E-state index in [1.165, 1.54) is 6.07 Å². The number of nitrogens with zero attached hydrogens (tertiary/aromatic N) is 2. The molecule has 4 heteroatoms. The van der Waals surface area contributed by atoms with Gasteiger partial charge in [-0.2, -0.15) is 0 Å². The molecule has 0 atom stereocenters. The number of hydrogen-bond donors (Lipinski definition) is 1. The quantitative estimate of drug-likeness (QED) is 0.614. The van der Waals surface area contributed by atoms with Crippen LogP contribution in [0.25, 0.3) is 0 Å². The summed E-state index contributed by atoms with van der Waals surface area (Å²) in [5.74, 6) is -0.201. The molecule has 0 saturated heterocycles. The van der Waals surface area contributed by atoms with E-state index in [1.807, 2.05) is 50.3 Å². The Balaban J connectivity index is 2.25. The molecule has 0 radical (unpaired) electrons. The monoisotopic (exact) mass is 313 g/mol. The van der Waals surface area contributed by atoms with E-state index in [9.17, 15) is 4.39 Å². The Bertz CT molecular complexity index is 723. The molecule has 0 aliphatic rings. The minimum atomic E-state index is -0.201. The van der Waals surface area contributed by atoms with Crippen LogP contribution in [0.5, 0.6) is 0 Å². The minimum Gasteiger partial charge on any atom is -0.366 e. The number of benzene rings is 2. The Kier molecular flexibility index (Phi) is 5.37. The fraction of sp³-hybridized carbons (Fsp3) is 0.316. The van der Waals surface area contributed by atoms with Crippen LogP contribution in [0.15, 0.2) is 35.3 Å². The summed E-state index contributed by atoms with van der Waals surface area (Å²) in [6.07, 6.45) is 1.84. The SMILES string of the molecule is CCN(C)C=Nc1cc(C)c(Nc2ccc(C)c(F)c2)cc1C. The van der Waals surface area contributed by atoms with E-state index in [0.717, 1.165) is 34.7 Å². The standard InChI is InChI=1S/C19H24FN3/c1-6-23(5)12-21-18-9-15(4)19(10-14(18)3)22-16-8-7-13(2)17(20)11-16/h7-12,22H,6H2,1-5H3. The Labute approximate surface area is 137 Å². The van der Waals surface area contributed by atoms with Gasteiger partial charge >= 0.3 is 0 Å². The van der Waals surface area contributed by atoms with Gasteiger partial charge in [-0.1, -0.05) is 6.07 Å². The normalized spacial score (nSPS) is 11.0. The Morgan fingerprint density at radius 1 is 1.09 bits per heavy atom. The molecule has 2 aromatic carbocycles. The molecular weight excluding hydrogens is 289 g/mol. The summed E-state index contributed by atoms with van der Waals surface area (Å²) < 4.78 is 13.7. The van der Waals surface area contributed by atoms with Crippen molar-refractivity contribution in [3.63, 3.8) is 0 Å². The van der Waals surface area contributed by atoms with Crippen molar-refractivity contribution in [2.45, 2.75) is 27.7 Å². The van der Waals surface area contributed by atoms with Crippen LogP contribution in [-0.4, -0.2) is 24.8 Å². The van der Waals surface area contributed by atoms with Gasteiger partial charge in [-0.3, -0.25) is 0 Å². The number of nitrogens with one attached hydrogen (secondary N) is 1. The highest BCUT2D eigenvalue weighted by Crippen LogP contribution is 2.29. The number of hydrogen-bond acceptors (Lipinski definition) is 2. The van der Waals surface area contributed by atoms with E-state index in [1.54, 1.807) is 13.0 Å². The first-order chi connectivity index (χ1) is 10.9. The average Bonchev–Trinajstić information content (AvgIpc) is 2.52. The third-order valence-electron chi connectivity index (χ3n) is 3.89. The molecular formula is C19H24FN3. The van der Waals surface area contributed by atoms with Gasteiger partial charge in [0.05, 0.1) is 12.0 Å². The summed E-state index contributed by atoms with van der Waals surface area (Å²) in [6.45, 7) is 8.81. The summed E-state index contributed by atoms with van der Waals surface area (Å²) in [7, 11) is 1.99. The van der Waals surface area contributed by atoms with Crippen molar-refractivity contribution in [2.75, 3.05) is 18.9 Å². The summed E-state index contributed by atoms with van der Waals surface area (Å²) >= 11 is 0. The summed E-state index contributed by atoms with van der Waals surface area (Å²) in [4.78, 5) is 6.55. The van der Waals surface area contributed by atoms with Crippen molar-refractivity contribution in [3.8, 4) is 0 Å². The predicted molar refractivity (Wildman–Crippen MR) is 96.8 cm³/mol. The molecule has 0 amide bonds. The smallest absolute Gasteiger partial charge is 0.128 e. The van der Waals surface area contributed by atoms with Gasteiger partial charge in [0.15, 0.2) is 0 Å². The predicted octanol–water partition coefficient (Wildman–Crippen LogP) is 5.11. The number of rotatable bonds is 5. The third kappa shape index (κ3) is 4.31. The molecule has 0 bridgehead atoms. The zero-order valence-electron chi connectivity index (χ0n) is 14.4. The molecule has 0 spiro atoms. The molecule has 23 heavy (non-hydrogen) atoms. The molecule has 0 heterocycles. The first kappa shape index (κ1) is 17.0. The van der Waals surface area contributed by atoms with Crippen molar-refractivity contribution < 1.29 is 4.39 Å². The molecule has 0 aliphatic heterocycles. The van der Waals surface area contributed by atoms with Crippen LogP contribution in [-0.2, 0) is 0 Å². The van der Waals surface area contributed by atoms with Crippen molar-refractivity contribution in [1.29, 1.82) is 0 Å². The van der Waals surface area contributed by atoms with E-state index in [4.69, 9.17) is 0 Å². The first-order valence-corrected chi connectivity index (χ1v) is 7.79. The van der Waals surface area contributed by atoms with Crippen molar-refractivity contribution >= 4 is 23.4 Å². The summed E-state index contributed by atoms with van der Waals surface area (Å²) in [5.41, 5.74) is 5.46. The van der Waals surface area contributed by atoms with E-state index >= 15 is 0 Å². The molecule has 0 saturated carbocycles. The fourth-order valence-electron chi connectivity index (χ4n) is 2.14.